The molecule has 8 nitrogen and oxygen atoms in total. The Hall–Kier alpha value is -4.04. The summed E-state index contributed by atoms with van der Waals surface area (Å²) >= 11 is 6.26. The zero-order valence-corrected chi connectivity index (χ0v) is 24.0. The van der Waals surface area contributed by atoms with E-state index in [1.54, 1.807) is 19.1 Å². The molecular formula is C31H37ClN2O6. The average Bonchev–Trinajstić information content (AvgIpc) is 3.21. The van der Waals surface area contributed by atoms with E-state index in [1.807, 2.05) is 6.92 Å². The van der Waals surface area contributed by atoms with Crippen LogP contribution in [0.25, 0.3) is 6.08 Å². The molecule has 1 unspecified atom stereocenters. The van der Waals surface area contributed by atoms with Gasteiger partial charge in [0.05, 0.1) is 10.7 Å². The highest BCUT2D eigenvalue weighted by Gasteiger charge is 2.23. The first kappa shape index (κ1) is 32.2. The van der Waals surface area contributed by atoms with Gasteiger partial charge in [-0.3, -0.25) is 14.4 Å². The number of amides is 2. The zero-order chi connectivity index (χ0) is 29.8. The lowest BCUT2D eigenvalue weighted by atomic mass is 10.0. The predicted molar refractivity (Wildman–Crippen MR) is 159 cm³/mol. The molecule has 0 fully saturated rings. The number of ketones is 1. The summed E-state index contributed by atoms with van der Waals surface area (Å²) in [5, 5.41) is 35.4. The lowest BCUT2D eigenvalue weighted by Crippen LogP contribution is -2.24. The third kappa shape index (κ3) is 9.61. The van der Waals surface area contributed by atoms with Crippen molar-refractivity contribution < 1.29 is 29.7 Å². The number of benzene rings is 1. The summed E-state index contributed by atoms with van der Waals surface area (Å²) in [5.41, 5.74) is 1.44. The van der Waals surface area contributed by atoms with Gasteiger partial charge in [0.25, 0.3) is 5.91 Å². The number of hydrogen-bond acceptors (Lipinski definition) is 6. The monoisotopic (exact) mass is 568 g/mol. The molecule has 0 radical (unpaired) electrons. The Morgan fingerprint density at radius 3 is 2.42 bits per heavy atom. The number of carbonyl (C=O) groups is 3. The van der Waals surface area contributed by atoms with Crippen LogP contribution in [0.3, 0.4) is 0 Å². The topological polar surface area (TPSA) is 136 Å². The van der Waals surface area contributed by atoms with Crippen LogP contribution in [-0.4, -0.2) is 32.9 Å². The minimum atomic E-state index is -0.563. The van der Waals surface area contributed by atoms with Crippen LogP contribution in [0.15, 0.2) is 71.2 Å². The van der Waals surface area contributed by atoms with Crippen molar-refractivity contribution in [3.8, 4) is 11.5 Å². The lowest BCUT2D eigenvalue weighted by molar-refractivity contribution is -0.119. The molecule has 0 aliphatic heterocycles. The van der Waals surface area contributed by atoms with E-state index in [9.17, 15) is 29.7 Å². The number of nitrogens with one attached hydrogen (secondary N) is 2. The molecule has 0 saturated heterocycles. The van der Waals surface area contributed by atoms with Crippen molar-refractivity contribution in [1.29, 1.82) is 0 Å². The SMILES string of the molecule is CCCCC(C)/C=C(C)/C=C(\C)C(=O)Nc1cc(O)c(/C=C/C=C/C=C/C(=O)NC2=C(O)CCC2=O)c(Cl)c1O. The maximum Gasteiger partial charge on any atom is 0.251 e. The second-order valence-corrected chi connectivity index (χ2v) is 10.0. The standard InChI is InChI=1S/C31H37ClN2O6/c1-5-6-11-19(2)16-20(3)17-21(4)31(40)33-23-18-26(37)22(28(32)30(23)39)12-9-7-8-10-13-27(38)34-29-24(35)14-15-25(29)36/h7-10,12-13,16-19,35,37,39H,5-6,11,14-15H2,1-4H3,(H,33,40)(H,34,38)/b8-7+,12-9+,13-10+,20-16+,21-17+. The van der Waals surface area contributed by atoms with Gasteiger partial charge in [-0.2, -0.15) is 0 Å². The molecule has 9 heteroatoms. The molecule has 0 saturated carbocycles. The molecule has 0 heterocycles. The summed E-state index contributed by atoms with van der Waals surface area (Å²) in [7, 11) is 0. The predicted octanol–water partition coefficient (Wildman–Crippen LogP) is 6.78. The van der Waals surface area contributed by atoms with Crippen molar-refractivity contribution in [1.82, 2.24) is 5.32 Å². The Labute approximate surface area is 240 Å². The second-order valence-electron chi connectivity index (χ2n) is 9.67. The number of rotatable bonds is 12. The van der Waals surface area contributed by atoms with Gasteiger partial charge in [-0.05, 0) is 32.3 Å². The van der Waals surface area contributed by atoms with Crippen LogP contribution in [0.5, 0.6) is 11.5 Å². The smallest absolute Gasteiger partial charge is 0.251 e. The van der Waals surface area contributed by atoms with Gasteiger partial charge in [0, 0.05) is 36.1 Å². The number of carbonyl (C=O) groups excluding carboxylic acids is 3. The number of phenolic OH excluding ortho intramolecular Hbond substituents is 2. The Kier molecular flexibility index (Phi) is 12.5. The third-order valence-electron chi connectivity index (χ3n) is 6.12. The molecule has 1 aromatic carbocycles. The Balaban J connectivity index is 2.03. The fourth-order valence-electron chi connectivity index (χ4n) is 4.00. The number of anilines is 1. The molecule has 2 amide bonds. The quantitative estimate of drug-likeness (QED) is 0.0815. The van der Waals surface area contributed by atoms with Crippen LogP contribution in [0.4, 0.5) is 5.69 Å². The summed E-state index contributed by atoms with van der Waals surface area (Å²) in [6.45, 7) is 7.89. The molecular weight excluding hydrogens is 532 g/mol. The van der Waals surface area contributed by atoms with Gasteiger partial charge in [-0.1, -0.05) is 80.3 Å². The van der Waals surface area contributed by atoms with Gasteiger partial charge in [0.2, 0.25) is 5.91 Å². The lowest BCUT2D eigenvalue weighted by Gasteiger charge is -2.12. The van der Waals surface area contributed by atoms with Crippen LogP contribution >= 0.6 is 11.6 Å². The molecule has 0 aromatic heterocycles. The molecule has 0 bridgehead atoms. The maximum absolute atomic E-state index is 12.7. The van der Waals surface area contributed by atoms with E-state index in [2.05, 4.69) is 30.6 Å². The minimum absolute atomic E-state index is 0.0262. The van der Waals surface area contributed by atoms with E-state index < -0.39 is 11.8 Å². The van der Waals surface area contributed by atoms with Crippen molar-refractivity contribution in [3.63, 3.8) is 0 Å². The van der Waals surface area contributed by atoms with E-state index >= 15 is 0 Å². The number of halogens is 1. The largest absolute Gasteiger partial charge is 0.510 e. The summed E-state index contributed by atoms with van der Waals surface area (Å²) < 4.78 is 0. The molecule has 40 heavy (non-hydrogen) atoms. The van der Waals surface area contributed by atoms with Gasteiger partial charge in [0.15, 0.2) is 11.5 Å². The van der Waals surface area contributed by atoms with Crippen molar-refractivity contribution in [2.75, 3.05) is 5.32 Å². The van der Waals surface area contributed by atoms with Gasteiger partial charge >= 0.3 is 0 Å². The maximum atomic E-state index is 12.7. The minimum Gasteiger partial charge on any atom is -0.510 e. The molecule has 1 atom stereocenters. The highest BCUT2D eigenvalue weighted by atomic mass is 35.5. The van der Waals surface area contributed by atoms with E-state index in [0.717, 1.165) is 24.8 Å². The summed E-state index contributed by atoms with van der Waals surface area (Å²) in [5.74, 6) is -1.69. The highest BCUT2D eigenvalue weighted by Crippen LogP contribution is 2.41. The Bertz CT molecular complexity index is 1320. The average molecular weight is 569 g/mol. The number of aliphatic hydroxyl groups is 1. The number of aliphatic hydroxyl groups excluding tert-OH is 1. The van der Waals surface area contributed by atoms with Crippen LogP contribution in [0, 0.1) is 5.92 Å². The van der Waals surface area contributed by atoms with Crippen molar-refractivity contribution in [2.24, 2.45) is 5.92 Å². The summed E-state index contributed by atoms with van der Waals surface area (Å²) in [4.78, 5) is 36.2. The van der Waals surface area contributed by atoms with Crippen molar-refractivity contribution in [3.05, 3.63) is 81.8 Å². The molecule has 2 rings (SSSR count). The van der Waals surface area contributed by atoms with Crippen LogP contribution in [0.2, 0.25) is 5.02 Å². The molecule has 5 N–H and O–H groups in total. The van der Waals surface area contributed by atoms with Gasteiger partial charge < -0.3 is 26.0 Å². The van der Waals surface area contributed by atoms with E-state index in [0.29, 0.717) is 11.5 Å². The third-order valence-corrected chi connectivity index (χ3v) is 6.50. The zero-order valence-electron chi connectivity index (χ0n) is 23.3. The molecule has 1 aliphatic rings. The first-order valence-corrected chi connectivity index (χ1v) is 13.5. The van der Waals surface area contributed by atoms with Crippen molar-refractivity contribution >= 4 is 41.0 Å². The van der Waals surface area contributed by atoms with Gasteiger partial charge in [0.1, 0.15) is 17.2 Å². The first-order chi connectivity index (χ1) is 18.9. The van der Waals surface area contributed by atoms with Crippen LogP contribution in [0.1, 0.15) is 65.4 Å². The number of allylic oxidation sites excluding steroid dienone is 9. The number of unbranched alkanes of at least 4 members (excludes halogenated alkanes) is 1. The van der Waals surface area contributed by atoms with E-state index in [4.69, 9.17) is 11.6 Å². The summed E-state index contributed by atoms with van der Waals surface area (Å²) in [6, 6.07) is 1.21. The molecule has 214 valence electrons. The Morgan fingerprint density at radius 2 is 1.77 bits per heavy atom. The number of hydrogen-bond donors (Lipinski definition) is 5. The molecule has 1 aliphatic carbocycles. The molecule has 1 aromatic rings. The number of aromatic hydroxyl groups is 2. The number of phenols is 2. The molecule has 0 spiro atoms. The second kappa shape index (κ2) is 15.5. The Morgan fingerprint density at radius 1 is 1.07 bits per heavy atom. The highest BCUT2D eigenvalue weighted by molar-refractivity contribution is 6.34. The fourth-order valence-corrected chi connectivity index (χ4v) is 4.26. The van der Waals surface area contributed by atoms with E-state index in [-0.39, 0.29) is 57.9 Å². The normalized spacial score (nSPS) is 15.6. The van der Waals surface area contributed by atoms with Crippen LogP contribution in [-0.2, 0) is 14.4 Å². The van der Waals surface area contributed by atoms with Gasteiger partial charge in [-0.15, -0.1) is 0 Å². The van der Waals surface area contributed by atoms with E-state index in [1.165, 1.54) is 36.4 Å². The van der Waals surface area contributed by atoms with Gasteiger partial charge in [-0.25, -0.2) is 0 Å². The summed E-state index contributed by atoms with van der Waals surface area (Å²) in [6.07, 6.45) is 16.3. The fraction of sp³-hybridized carbons (Fsp3) is 0.323. The van der Waals surface area contributed by atoms with Crippen molar-refractivity contribution in [2.45, 2.75) is 59.8 Å². The van der Waals surface area contributed by atoms with Crippen LogP contribution < -0.4 is 10.6 Å². The number of Topliss-reactive ketones (excluding diaryl/α,β-unsaturated/α-hetero) is 1. The first-order valence-electron chi connectivity index (χ1n) is 13.1.